The van der Waals surface area contributed by atoms with Gasteiger partial charge in [0.25, 0.3) is 0 Å². The molecule has 2 aliphatic heterocycles. The minimum Gasteiger partial charge on any atom is -0.463 e. The van der Waals surface area contributed by atoms with Crippen molar-refractivity contribution in [1.29, 1.82) is 0 Å². The summed E-state index contributed by atoms with van der Waals surface area (Å²) in [6, 6.07) is 4.26. The lowest BCUT2D eigenvalue weighted by molar-refractivity contribution is -0.147. The third-order valence-electron chi connectivity index (χ3n) is 4.64. The Hall–Kier alpha value is -0.810. The number of benzene rings is 1. The molecule has 2 atom stereocenters. The Kier molecular flexibility index (Phi) is 5.40. The topological polar surface area (TPSA) is 47.6 Å². The molecule has 0 radical (unpaired) electrons. The third kappa shape index (κ3) is 3.72. The summed E-state index contributed by atoms with van der Waals surface area (Å²) in [6.45, 7) is 5.22. The highest BCUT2D eigenvalue weighted by Crippen LogP contribution is 2.44. The molecule has 0 aromatic heterocycles. The number of halogens is 2. The SMILES string of the molecule is CC(C)OC(=O)CCCc1cc(Cl)c(Cl)cc1C12CNC(CO1)C2. The number of hydrogen-bond donors (Lipinski definition) is 1. The number of hydrogen-bond acceptors (Lipinski definition) is 4. The first kappa shape index (κ1) is 18.0. The Labute approximate surface area is 152 Å². The van der Waals surface area contributed by atoms with E-state index in [0.29, 0.717) is 28.9 Å². The number of esters is 1. The summed E-state index contributed by atoms with van der Waals surface area (Å²) < 4.78 is 11.3. The van der Waals surface area contributed by atoms with Crippen LogP contribution in [-0.2, 0) is 26.3 Å². The van der Waals surface area contributed by atoms with E-state index in [4.69, 9.17) is 32.7 Å². The molecule has 3 rings (SSSR count). The molecule has 1 aromatic carbocycles. The number of carbonyl (C=O) groups is 1. The van der Waals surface area contributed by atoms with Crippen LogP contribution in [0.4, 0.5) is 0 Å². The lowest BCUT2D eigenvalue weighted by atomic mass is 9.87. The minimum absolute atomic E-state index is 0.0784. The molecule has 6 heteroatoms. The van der Waals surface area contributed by atoms with E-state index in [2.05, 4.69) is 5.32 Å². The average molecular weight is 372 g/mol. The van der Waals surface area contributed by atoms with Gasteiger partial charge in [0.15, 0.2) is 0 Å². The van der Waals surface area contributed by atoms with Crippen LogP contribution in [0.15, 0.2) is 12.1 Å². The second-order valence-electron chi connectivity index (χ2n) is 6.90. The highest BCUT2D eigenvalue weighted by Gasteiger charge is 2.48. The van der Waals surface area contributed by atoms with Crippen LogP contribution in [0.3, 0.4) is 0 Å². The molecule has 0 amide bonds. The first-order valence-electron chi connectivity index (χ1n) is 8.45. The zero-order chi connectivity index (χ0) is 17.3. The Bertz CT molecular complexity index is 625. The highest BCUT2D eigenvalue weighted by atomic mass is 35.5. The Morgan fingerprint density at radius 2 is 2.17 bits per heavy atom. The Balaban J connectivity index is 1.75. The van der Waals surface area contributed by atoms with Gasteiger partial charge in [-0.25, -0.2) is 0 Å². The summed E-state index contributed by atoms with van der Waals surface area (Å²) in [5.74, 6) is -0.163. The molecular weight excluding hydrogens is 349 g/mol. The molecule has 24 heavy (non-hydrogen) atoms. The molecule has 132 valence electrons. The summed E-state index contributed by atoms with van der Waals surface area (Å²) in [4.78, 5) is 11.7. The number of fused-ring (bicyclic) bond motifs is 2. The van der Waals surface area contributed by atoms with Gasteiger partial charge in [-0.1, -0.05) is 23.2 Å². The van der Waals surface area contributed by atoms with Crippen LogP contribution in [0.5, 0.6) is 0 Å². The number of aryl methyl sites for hydroxylation is 1. The highest BCUT2D eigenvalue weighted by molar-refractivity contribution is 6.42. The first-order chi connectivity index (χ1) is 11.4. The van der Waals surface area contributed by atoms with Crippen LogP contribution in [0.25, 0.3) is 0 Å². The summed E-state index contributed by atoms with van der Waals surface area (Å²) in [5, 5.41) is 4.56. The van der Waals surface area contributed by atoms with E-state index in [9.17, 15) is 4.79 Å². The standard InChI is InChI=1S/C18H23Cl2NO3/c1-11(2)24-17(22)5-3-4-12-6-15(19)16(20)7-14(12)18-8-13(9-23-18)21-10-18/h6-7,11,13,21H,3-5,8-10H2,1-2H3. The summed E-state index contributed by atoms with van der Waals surface area (Å²) in [5.41, 5.74) is 1.89. The van der Waals surface area contributed by atoms with Crippen molar-refractivity contribution in [1.82, 2.24) is 5.32 Å². The molecule has 1 N–H and O–H groups in total. The van der Waals surface area contributed by atoms with Gasteiger partial charge >= 0.3 is 5.97 Å². The molecule has 0 aliphatic carbocycles. The van der Waals surface area contributed by atoms with Crippen molar-refractivity contribution >= 4 is 29.2 Å². The van der Waals surface area contributed by atoms with Gasteiger partial charge in [-0.2, -0.15) is 0 Å². The maximum Gasteiger partial charge on any atom is 0.306 e. The van der Waals surface area contributed by atoms with E-state index >= 15 is 0 Å². The van der Waals surface area contributed by atoms with Crippen LogP contribution in [0.2, 0.25) is 10.0 Å². The summed E-state index contributed by atoms with van der Waals surface area (Å²) >= 11 is 12.5. The van der Waals surface area contributed by atoms with E-state index in [0.717, 1.165) is 37.1 Å². The lowest BCUT2D eigenvalue weighted by Crippen LogP contribution is -2.38. The van der Waals surface area contributed by atoms with Crippen molar-refractivity contribution in [3.05, 3.63) is 33.3 Å². The molecule has 2 fully saturated rings. The molecular formula is C18H23Cl2NO3. The fourth-order valence-electron chi connectivity index (χ4n) is 3.59. The predicted octanol–water partition coefficient (Wildman–Crippen LogP) is 3.86. The lowest BCUT2D eigenvalue weighted by Gasteiger charge is -2.30. The maximum absolute atomic E-state index is 11.7. The van der Waals surface area contributed by atoms with Crippen molar-refractivity contribution in [2.75, 3.05) is 13.2 Å². The Morgan fingerprint density at radius 3 is 2.75 bits per heavy atom. The zero-order valence-corrected chi connectivity index (χ0v) is 15.5. The van der Waals surface area contributed by atoms with Crippen molar-refractivity contribution in [2.24, 2.45) is 0 Å². The monoisotopic (exact) mass is 371 g/mol. The van der Waals surface area contributed by atoms with Gasteiger partial charge < -0.3 is 14.8 Å². The van der Waals surface area contributed by atoms with Gasteiger partial charge in [0.05, 0.1) is 22.8 Å². The number of morpholine rings is 1. The van der Waals surface area contributed by atoms with Crippen LogP contribution in [-0.4, -0.2) is 31.3 Å². The van der Waals surface area contributed by atoms with Crippen LogP contribution in [0.1, 0.15) is 44.2 Å². The van der Waals surface area contributed by atoms with E-state index in [1.165, 1.54) is 0 Å². The van der Waals surface area contributed by atoms with Crippen molar-refractivity contribution in [2.45, 2.75) is 57.3 Å². The fourth-order valence-corrected chi connectivity index (χ4v) is 3.94. The minimum atomic E-state index is -0.313. The van der Waals surface area contributed by atoms with Gasteiger partial charge in [-0.05, 0) is 56.4 Å². The quantitative estimate of drug-likeness (QED) is 0.771. The van der Waals surface area contributed by atoms with Crippen molar-refractivity contribution < 1.29 is 14.3 Å². The zero-order valence-electron chi connectivity index (χ0n) is 14.0. The van der Waals surface area contributed by atoms with Crippen LogP contribution < -0.4 is 5.32 Å². The van der Waals surface area contributed by atoms with Gasteiger partial charge in [0.2, 0.25) is 0 Å². The average Bonchev–Trinajstić information content (AvgIpc) is 3.11. The van der Waals surface area contributed by atoms with E-state index in [-0.39, 0.29) is 17.7 Å². The van der Waals surface area contributed by atoms with Crippen molar-refractivity contribution in [3.8, 4) is 0 Å². The second-order valence-corrected chi connectivity index (χ2v) is 7.72. The summed E-state index contributed by atoms with van der Waals surface area (Å²) in [6.07, 6.45) is 2.73. The van der Waals surface area contributed by atoms with Crippen molar-refractivity contribution in [3.63, 3.8) is 0 Å². The smallest absolute Gasteiger partial charge is 0.306 e. The number of carbonyl (C=O) groups excluding carboxylic acids is 1. The Morgan fingerprint density at radius 1 is 1.42 bits per heavy atom. The van der Waals surface area contributed by atoms with E-state index < -0.39 is 0 Å². The largest absolute Gasteiger partial charge is 0.463 e. The van der Waals surface area contributed by atoms with Gasteiger partial charge in [0, 0.05) is 19.0 Å². The molecule has 0 spiro atoms. The molecule has 0 saturated carbocycles. The van der Waals surface area contributed by atoms with Gasteiger partial charge in [-0.3, -0.25) is 4.79 Å². The van der Waals surface area contributed by atoms with Gasteiger partial charge in [-0.15, -0.1) is 0 Å². The van der Waals surface area contributed by atoms with E-state index in [1.807, 2.05) is 26.0 Å². The molecule has 2 heterocycles. The van der Waals surface area contributed by atoms with Crippen LogP contribution >= 0.6 is 23.2 Å². The third-order valence-corrected chi connectivity index (χ3v) is 5.37. The second kappa shape index (κ2) is 7.20. The number of nitrogens with one attached hydrogen (secondary N) is 1. The molecule has 2 unspecified atom stereocenters. The van der Waals surface area contributed by atoms with Gasteiger partial charge in [0.1, 0.15) is 5.60 Å². The molecule has 2 aliphatic rings. The summed E-state index contributed by atoms with van der Waals surface area (Å²) in [7, 11) is 0. The van der Waals surface area contributed by atoms with E-state index in [1.54, 1.807) is 0 Å². The predicted molar refractivity (Wildman–Crippen MR) is 94.7 cm³/mol. The molecule has 1 aromatic rings. The number of ether oxygens (including phenoxy) is 2. The maximum atomic E-state index is 11.7. The molecule has 4 nitrogen and oxygen atoms in total. The van der Waals surface area contributed by atoms with Crippen LogP contribution in [0, 0.1) is 0 Å². The number of rotatable bonds is 6. The first-order valence-corrected chi connectivity index (χ1v) is 9.20. The molecule has 2 saturated heterocycles. The normalized spacial score (nSPS) is 25.5. The molecule has 2 bridgehead atoms. The fraction of sp³-hybridized carbons (Fsp3) is 0.611.